The molecule has 1 heterocycles. The van der Waals surface area contributed by atoms with Gasteiger partial charge in [-0.2, -0.15) is 5.10 Å². The van der Waals surface area contributed by atoms with Crippen LogP contribution in [0.15, 0.2) is 36.4 Å². The molecule has 0 amide bonds. The van der Waals surface area contributed by atoms with Crippen molar-refractivity contribution in [3.8, 4) is 0 Å². The molecule has 1 aliphatic rings. The van der Waals surface area contributed by atoms with E-state index < -0.39 is 0 Å². The third kappa shape index (κ3) is 3.11. The Balaban J connectivity index is 1.69. The van der Waals surface area contributed by atoms with Crippen LogP contribution >= 0.6 is 0 Å². The summed E-state index contributed by atoms with van der Waals surface area (Å²) in [5.41, 5.74) is 1.68. The molecule has 1 N–H and O–H groups in total. The molecule has 5 heteroatoms. The van der Waals surface area contributed by atoms with Gasteiger partial charge >= 0.3 is 0 Å². The monoisotopic (exact) mass is 272 g/mol. The molecular formula is C15H17FN4. The molecule has 3 rings (SSSR count). The quantitative estimate of drug-likeness (QED) is 0.908. The van der Waals surface area contributed by atoms with Gasteiger partial charge in [-0.1, -0.05) is 6.07 Å². The Bertz CT molecular complexity index is 581. The highest BCUT2D eigenvalue weighted by Crippen LogP contribution is 2.22. The van der Waals surface area contributed by atoms with Crippen molar-refractivity contribution in [2.75, 3.05) is 11.9 Å². The van der Waals surface area contributed by atoms with E-state index in [4.69, 9.17) is 0 Å². The lowest BCUT2D eigenvalue weighted by Gasteiger charge is -2.17. The Morgan fingerprint density at radius 1 is 1.25 bits per heavy atom. The Kier molecular flexibility index (Phi) is 3.60. The fourth-order valence-corrected chi connectivity index (χ4v) is 1.98. The van der Waals surface area contributed by atoms with Gasteiger partial charge < -0.3 is 10.2 Å². The third-order valence-electron chi connectivity index (χ3n) is 3.39. The molecule has 0 radical (unpaired) electrons. The van der Waals surface area contributed by atoms with Gasteiger partial charge in [0.25, 0.3) is 0 Å². The summed E-state index contributed by atoms with van der Waals surface area (Å²) >= 11 is 0. The second kappa shape index (κ2) is 5.54. The van der Waals surface area contributed by atoms with Gasteiger partial charge in [0.1, 0.15) is 5.82 Å². The van der Waals surface area contributed by atoms with Crippen LogP contribution in [0, 0.1) is 5.82 Å². The number of hydrogen-bond acceptors (Lipinski definition) is 4. The number of hydrogen-bond donors (Lipinski definition) is 1. The van der Waals surface area contributed by atoms with Crippen molar-refractivity contribution in [3.63, 3.8) is 0 Å². The molecule has 1 aliphatic carbocycles. The van der Waals surface area contributed by atoms with Gasteiger partial charge in [0.2, 0.25) is 0 Å². The second-order valence-electron chi connectivity index (χ2n) is 5.08. The number of halogens is 1. The molecule has 0 spiro atoms. The van der Waals surface area contributed by atoms with Crippen molar-refractivity contribution >= 4 is 11.5 Å². The molecule has 0 unspecified atom stereocenters. The second-order valence-corrected chi connectivity index (χ2v) is 5.08. The van der Waals surface area contributed by atoms with E-state index in [1.54, 1.807) is 6.07 Å². The highest BCUT2D eigenvalue weighted by molar-refractivity contribution is 5.58. The molecule has 1 saturated carbocycles. The van der Waals surface area contributed by atoms with Gasteiger partial charge in [0.05, 0.1) is 5.69 Å². The lowest BCUT2D eigenvalue weighted by atomic mass is 10.3. The number of aromatic nitrogens is 2. The van der Waals surface area contributed by atoms with Crippen LogP contribution in [0.25, 0.3) is 0 Å². The van der Waals surface area contributed by atoms with E-state index in [9.17, 15) is 4.39 Å². The summed E-state index contributed by atoms with van der Waals surface area (Å²) in [4.78, 5) is 1.81. The zero-order valence-electron chi connectivity index (χ0n) is 11.4. The Hall–Kier alpha value is -2.01. The molecule has 104 valence electrons. The highest BCUT2D eigenvalue weighted by atomic mass is 19.1. The van der Waals surface area contributed by atoms with Crippen LogP contribution in [-0.4, -0.2) is 23.3 Å². The van der Waals surface area contributed by atoms with Gasteiger partial charge in [0, 0.05) is 25.3 Å². The zero-order chi connectivity index (χ0) is 13.9. The standard InChI is InChI=1S/C15H17FN4/c1-20(14-4-2-3-11(16)9-14)15-8-7-13(18-19-15)10-17-12-5-6-12/h2-4,7-9,12,17H,5-6,10H2,1H3. The van der Waals surface area contributed by atoms with Gasteiger partial charge in [-0.05, 0) is 43.2 Å². The van der Waals surface area contributed by atoms with Crippen molar-refractivity contribution in [3.05, 3.63) is 47.9 Å². The van der Waals surface area contributed by atoms with Gasteiger partial charge in [-0.3, -0.25) is 0 Å². The topological polar surface area (TPSA) is 41.0 Å². The first-order valence-corrected chi connectivity index (χ1v) is 6.77. The molecule has 0 bridgehead atoms. The first-order chi connectivity index (χ1) is 9.72. The summed E-state index contributed by atoms with van der Waals surface area (Å²) in [5, 5.41) is 11.8. The van der Waals surface area contributed by atoms with E-state index in [0.29, 0.717) is 11.9 Å². The number of benzene rings is 1. The van der Waals surface area contributed by atoms with E-state index in [1.807, 2.05) is 30.1 Å². The number of rotatable bonds is 5. The Morgan fingerprint density at radius 3 is 2.75 bits per heavy atom. The zero-order valence-corrected chi connectivity index (χ0v) is 11.4. The highest BCUT2D eigenvalue weighted by Gasteiger charge is 2.20. The average Bonchev–Trinajstić information content (AvgIpc) is 3.29. The van der Waals surface area contributed by atoms with Crippen molar-refractivity contribution < 1.29 is 4.39 Å². The summed E-state index contributed by atoms with van der Waals surface area (Å²) in [6.07, 6.45) is 2.52. The summed E-state index contributed by atoms with van der Waals surface area (Å²) in [6, 6.07) is 10.9. The minimum atomic E-state index is -0.257. The summed E-state index contributed by atoms with van der Waals surface area (Å²) < 4.78 is 13.2. The molecule has 4 nitrogen and oxygen atoms in total. The van der Waals surface area contributed by atoms with Crippen molar-refractivity contribution in [2.45, 2.75) is 25.4 Å². The molecule has 2 aromatic rings. The third-order valence-corrected chi connectivity index (χ3v) is 3.39. The minimum absolute atomic E-state index is 0.257. The Labute approximate surface area is 117 Å². The van der Waals surface area contributed by atoms with Crippen molar-refractivity contribution in [1.82, 2.24) is 15.5 Å². The molecule has 0 saturated heterocycles. The lowest BCUT2D eigenvalue weighted by molar-refractivity contribution is 0.628. The molecule has 1 aromatic carbocycles. The Morgan fingerprint density at radius 2 is 2.10 bits per heavy atom. The predicted molar refractivity (Wildman–Crippen MR) is 76.4 cm³/mol. The van der Waals surface area contributed by atoms with E-state index in [1.165, 1.54) is 25.0 Å². The molecular weight excluding hydrogens is 255 g/mol. The molecule has 0 atom stereocenters. The number of anilines is 2. The van der Waals surface area contributed by atoms with E-state index >= 15 is 0 Å². The van der Waals surface area contributed by atoms with Crippen molar-refractivity contribution in [2.24, 2.45) is 0 Å². The van der Waals surface area contributed by atoms with E-state index in [-0.39, 0.29) is 5.82 Å². The molecule has 1 aromatic heterocycles. The van der Waals surface area contributed by atoms with Gasteiger partial charge in [-0.25, -0.2) is 4.39 Å². The van der Waals surface area contributed by atoms with Crippen LogP contribution < -0.4 is 10.2 Å². The van der Waals surface area contributed by atoms with Crippen LogP contribution in [0.2, 0.25) is 0 Å². The fourth-order valence-electron chi connectivity index (χ4n) is 1.98. The van der Waals surface area contributed by atoms with Crippen LogP contribution in [0.1, 0.15) is 18.5 Å². The fraction of sp³-hybridized carbons (Fsp3) is 0.333. The van der Waals surface area contributed by atoms with Gasteiger partial charge in [0.15, 0.2) is 5.82 Å². The van der Waals surface area contributed by atoms with Gasteiger partial charge in [-0.15, -0.1) is 5.10 Å². The summed E-state index contributed by atoms with van der Waals surface area (Å²) in [7, 11) is 1.85. The van der Waals surface area contributed by atoms with Crippen LogP contribution in [0.4, 0.5) is 15.9 Å². The molecule has 1 fully saturated rings. The SMILES string of the molecule is CN(c1cccc(F)c1)c1ccc(CNC2CC2)nn1. The maximum Gasteiger partial charge on any atom is 0.155 e. The maximum atomic E-state index is 13.2. The first-order valence-electron chi connectivity index (χ1n) is 6.77. The smallest absolute Gasteiger partial charge is 0.155 e. The largest absolute Gasteiger partial charge is 0.328 e. The minimum Gasteiger partial charge on any atom is -0.328 e. The van der Waals surface area contributed by atoms with E-state index in [2.05, 4.69) is 15.5 Å². The van der Waals surface area contributed by atoms with Crippen LogP contribution in [-0.2, 0) is 6.54 Å². The first kappa shape index (κ1) is 13.0. The lowest BCUT2D eigenvalue weighted by Crippen LogP contribution is -2.17. The summed E-state index contributed by atoms with van der Waals surface area (Å²) in [6.45, 7) is 0.752. The normalized spacial score (nSPS) is 14.3. The molecule has 0 aliphatic heterocycles. The predicted octanol–water partition coefficient (Wildman–Crippen LogP) is 2.64. The number of nitrogens with zero attached hydrogens (tertiary/aromatic N) is 3. The van der Waals surface area contributed by atoms with E-state index in [0.717, 1.165) is 17.9 Å². The van der Waals surface area contributed by atoms with Crippen LogP contribution in [0.3, 0.4) is 0 Å². The number of nitrogens with one attached hydrogen (secondary N) is 1. The van der Waals surface area contributed by atoms with Crippen LogP contribution in [0.5, 0.6) is 0 Å². The average molecular weight is 272 g/mol. The molecule has 20 heavy (non-hydrogen) atoms. The maximum absolute atomic E-state index is 13.2. The van der Waals surface area contributed by atoms with Crippen molar-refractivity contribution in [1.29, 1.82) is 0 Å². The summed E-state index contributed by atoms with van der Waals surface area (Å²) in [5.74, 6) is 0.443.